The molecule has 9 rings (SSSR count). The van der Waals surface area contributed by atoms with E-state index in [0.29, 0.717) is 107 Å². The Labute approximate surface area is 424 Å². The lowest BCUT2D eigenvalue weighted by Gasteiger charge is -2.35. The van der Waals surface area contributed by atoms with Gasteiger partial charge in [-0.25, -0.2) is 23.5 Å². The monoisotopic (exact) mass is 1020 g/mol. The smallest absolute Gasteiger partial charge is 0.415 e. The number of nitrogens with two attached hydrogens (primary N) is 1. The van der Waals surface area contributed by atoms with Crippen molar-refractivity contribution in [1.29, 1.82) is 0 Å². The molecule has 0 atom stereocenters. The molecule has 0 bridgehead atoms. The Balaban J connectivity index is 0.764. The number of rotatable bonds is 14. The average molecular weight is 1020 g/mol. The fourth-order valence-corrected chi connectivity index (χ4v) is 8.97. The van der Waals surface area contributed by atoms with Crippen LogP contribution in [0.25, 0.3) is 28.5 Å². The van der Waals surface area contributed by atoms with Gasteiger partial charge in [-0.2, -0.15) is 15.0 Å². The van der Waals surface area contributed by atoms with Crippen molar-refractivity contribution in [3.8, 4) is 45.7 Å². The van der Waals surface area contributed by atoms with Gasteiger partial charge in [0.2, 0.25) is 29.6 Å². The van der Waals surface area contributed by atoms with Crippen LogP contribution in [0.4, 0.5) is 31.4 Å². The zero-order valence-corrected chi connectivity index (χ0v) is 41.2. The number of nitrogen functional groups attached to an aromatic ring is 1. The Morgan fingerprint density at radius 2 is 1.42 bits per heavy atom. The highest BCUT2D eigenvalue weighted by Gasteiger charge is 2.30. The minimum absolute atomic E-state index is 0.0110. The number of benzene rings is 3. The van der Waals surface area contributed by atoms with E-state index in [1.807, 2.05) is 52.8 Å². The molecule has 0 radical (unpaired) electrons. The van der Waals surface area contributed by atoms with Gasteiger partial charge in [-0.1, -0.05) is 38.1 Å². The summed E-state index contributed by atoms with van der Waals surface area (Å²) < 4.78 is 40.9. The summed E-state index contributed by atoms with van der Waals surface area (Å²) in [5.74, 6) is 0.151. The molecule has 0 unspecified atom stereocenters. The zero-order chi connectivity index (χ0) is 52.0. The molecule has 3 fully saturated rings. The molecule has 0 spiro atoms. The first-order valence-corrected chi connectivity index (χ1v) is 24.4. The van der Waals surface area contributed by atoms with Crippen LogP contribution in [0.15, 0.2) is 66.9 Å². The molecule has 22 nitrogen and oxygen atoms in total. The number of aromatic nitrogens is 8. The van der Waals surface area contributed by atoms with Crippen LogP contribution in [0.3, 0.4) is 0 Å². The van der Waals surface area contributed by atoms with Crippen LogP contribution >= 0.6 is 0 Å². The van der Waals surface area contributed by atoms with Crippen LogP contribution in [0.5, 0.6) is 17.2 Å². The largest absolute Gasteiger partial charge is 0.508 e. The Morgan fingerprint density at radius 3 is 2.07 bits per heavy atom. The molecule has 0 saturated carbocycles. The van der Waals surface area contributed by atoms with Gasteiger partial charge in [-0.3, -0.25) is 19.1 Å². The van der Waals surface area contributed by atoms with Gasteiger partial charge >= 0.3 is 6.09 Å². The zero-order valence-electron chi connectivity index (χ0n) is 41.2. The number of halogens is 2. The van der Waals surface area contributed by atoms with Crippen LogP contribution in [0.1, 0.15) is 66.1 Å². The number of anilines is 3. The number of ether oxygens (including phenoxy) is 2. The van der Waals surface area contributed by atoms with Crippen molar-refractivity contribution in [2.24, 2.45) is 0 Å². The molecule has 74 heavy (non-hydrogen) atoms. The maximum Gasteiger partial charge on any atom is 0.415 e. The summed E-state index contributed by atoms with van der Waals surface area (Å²) in [6.45, 7) is 12.2. The summed E-state index contributed by atoms with van der Waals surface area (Å²) in [4.78, 5) is 70.7. The van der Waals surface area contributed by atoms with Gasteiger partial charge in [0.15, 0.2) is 11.6 Å². The number of piperazine rings is 2. The fraction of sp³-hybridized carbons (Fsp3) is 0.400. The average Bonchev–Trinajstić information content (AvgIpc) is 3.85. The first-order valence-electron chi connectivity index (χ1n) is 24.4. The molecule has 6 heterocycles. The molecular weight excluding hydrogens is 961 g/mol. The van der Waals surface area contributed by atoms with E-state index in [1.54, 1.807) is 46.7 Å². The molecular formula is C50H57F2N15O7. The summed E-state index contributed by atoms with van der Waals surface area (Å²) in [6.07, 6.45) is -2.13. The van der Waals surface area contributed by atoms with Crippen LogP contribution < -0.4 is 25.6 Å². The van der Waals surface area contributed by atoms with Crippen LogP contribution in [0, 0.1) is 0 Å². The SMILES string of the molecule is CCNC(=O)c1nnc(-c2cc(C(C)C)c(O)cc2O)n1-c1ccc(CN2CCN(C(=O)Cc3ccc(OC(=O)N4CCN(c5nc(-c6cnc(N)nc6C(F)F)nc(N6CCOCC6)n5)CC4)cc3)CC2)cc1. The number of amides is 3. The van der Waals surface area contributed by atoms with Gasteiger partial charge in [-0.05, 0) is 59.9 Å². The summed E-state index contributed by atoms with van der Waals surface area (Å²) in [5.41, 5.74) is 8.33. The highest BCUT2D eigenvalue weighted by molar-refractivity contribution is 5.92. The van der Waals surface area contributed by atoms with Gasteiger partial charge < -0.3 is 50.3 Å². The Hall–Kier alpha value is -8.12. The van der Waals surface area contributed by atoms with Crippen LogP contribution in [0.2, 0.25) is 0 Å². The van der Waals surface area contributed by atoms with Gasteiger partial charge in [0.25, 0.3) is 12.3 Å². The maximum absolute atomic E-state index is 14.1. The van der Waals surface area contributed by atoms with E-state index in [4.69, 9.17) is 15.2 Å². The van der Waals surface area contributed by atoms with Gasteiger partial charge in [0.05, 0.1) is 30.8 Å². The van der Waals surface area contributed by atoms with Crippen molar-refractivity contribution >= 4 is 35.8 Å². The number of carbonyl (C=O) groups is 3. The summed E-state index contributed by atoms with van der Waals surface area (Å²) >= 11 is 0. The van der Waals surface area contributed by atoms with E-state index in [2.05, 4.69) is 45.3 Å². The Morgan fingerprint density at radius 1 is 0.770 bits per heavy atom. The van der Waals surface area contributed by atoms with Crippen molar-refractivity contribution in [2.75, 3.05) is 101 Å². The molecule has 24 heteroatoms. The van der Waals surface area contributed by atoms with E-state index >= 15 is 0 Å². The normalized spacial score (nSPS) is 15.5. The molecule has 6 aromatic rings. The Bertz CT molecular complexity index is 2980. The molecule has 388 valence electrons. The van der Waals surface area contributed by atoms with Gasteiger partial charge in [-0.15, -0.1) is 10.2 Å². The lowest BCUT2D eigenvalue weighted by Crippen LogP contribution is -2.50. The number of hydrogen-bond donors (Lipinski definition) is 4. The van der Waals surface area contributed by atoms with Crippen molar-refractivity contribution in [3.63, 3.8) is 0 Å². The predicted octanol–water partition coefficient (Wildman–Crippen LogP) is 4.42. The number of nitrogens with one attached hydrogen (secondary N) is 1. The van der Waals surface area contributed by atoms with E-state index in [1.165, 1.54) is 12.3 Å². The third-order valence-electron chi connectivity index (χ3n) is 13.0. The van der Waals surface area contributed by atoms with Crippen LogP contribution in [-0.4, -0.2) is 168 Å². The molecule has 3 amide bonds. The van der Waals surface area contributed by atoms with Crippen molar-refractivity contribution in [2.45, 2.75) is 46.1 Å². The Kier molecular flexibility index (Phi) is 15.3. The van der Waals surface area contributed by atoms with Gasteiger partial charge in [0.1, 0.15) is 22.9 Å². The van der Waals surface area contributed by atoms with E-state index in [-0.39, 0.29) is 77.8 Å². The third-order valence-corrected chi connectivity index (χ3v) is 13.0. The first-order chi connectivity index (χ1) is 35.7. The summed E-state index contributed by atoms with van der Waals surface area (Å²) in [7, 11) is 0. The molecule has 0 aliphatic carbocycles. The lowest BCUT2D eigenvalue weighted by atomic mass is 9.98. The summed E-state index contributed by atoms with van der Waals surface area (Å²) in [6, 6.07) is 17.5. The number of nitrogens with zero attached hydrogens (tertiary/aromatic N) is 13. The van der Waals surface area contributed by atoms with Crippen molar-refractivity contribution in [3.05, 3.63) is 95.1 Å². The predicted molar refractivity (Wildman–Crippen MR) is 267 cm³/mol. The minimum atomic E-state index is -2.95. The minimum Gasteiger partial charge on any atom is -0.508 e. The third kappa shape index (κ3) is 11.4. The van der Waals surface area contributed by atoms with E-state index in [9.17, 15) is 33.4 Å². The molecule has 5 N–H and O–H groups in total. The van der Waals surface area contributed by atoms with Crippen molar-refractivity contribution in [1.82, 2.24) is 59.7 Å². The fourth-order valence-electron chi connectivity index (χ4n) is 8.97. The number of phenolic OH excluding ortho intramolecular Hbond substituents is 2. The topological polar surface area (TPSA) is 260 Å². The second-order valence-electron chi connectivity index (χ2n) is 18.3. The number of carbonyl (C=O) groups excluding carboxylic acids is 3. The number of alkyl halides is 2. The molecule has 3 saturated heterocycles. The lowest BCUT2D eigenvalue weighted by molar-refractivity contribution is -0.132. The quantitative estimate of drug-likeness (QED) is 0.118. The molecule has 3 aliphatic heterocycles. The van der Waals surface area contributed by atoms with E-state index in [0.717, 1.165) is 11.1 Å². The first kappa shape index (κ1) is 50.8. The second-order valence-corrected chi connectivity index (χ2v) is 18.3. The van der Waals surface area contributed by atoms with E-state index < -0.39 is 24.1 Å². The number of aromatic hydroxyl groups is 2. The maximum atomic E-state index is 14.1. The molecule has 3 aliphatic rings. The standard InChI is InChI=1S/C50H57F2N15O7/c1-4-54-46(71)45-61-60-44(36-26-35(30(2)3)38(68)27-39(36)69)67(45)33-9-5-32(6-10-33)29-62-13-15-63(16-14-62)40(70)25-31-7-11-34(12-8-31)74-50(72)66-19-17-64(18-20-66)48-57-43(37-28-55-47(53)56-41(37)42(51)52)58-49(59-48)65-21-23-73-24-22-65/h5-12,26-28,30,42,68-69H,4,13-25,29H2,1-3H3,(H,54,71)(H2,53,55,56). The van der Waals surface area contributed by atoms with Crippen LogP contribution in [-0.2, 0) is 22.5 Å². The highest BCUT2D eigenvalue weighted by atomic mass is 19.3. The van der Waals surface area contributed by atoms with Crippen molar-refractivity contribution < 1.29 is 42.9 Å². The second kappa shape index (κ2) is 22.3. The van der Waals surface area contributed by atoms with Gasteiger partial charge in [0, 0.05) is 96.5 Å². The molecule has 3 aromatic heterocycles. The number of hydrogen-bond acceptors (Lipinski definition) is 18. The number of morpholine rings is 1. The number of phenols is 2. The summed E-state index contributed by atoms with van der Waals surface area (Å²) in [5, 5.41) is 32.7. The molecule has 3 aromatic carbocycles. The highest BCUT2D eigenvalue weighted by Crippen LogP contribution is 2.38.